The van der Waals surface area contributed by atoms with Crippen molar-refractivity contribution >= 4 is 23.4 Å². The number of rotatable bonds is 19. The number of quaternary nitrogens is 1. The highest BCUT2D eigenvalue weighted by Gasteiger charge is 2.24. The molecule has 1 amide bonds. The first-order valence-electron chi connectivity index (χ1n) is 14.8. The number of carbonyl (C=O) groups excluding carboxylic acids is 1. The Kier molecular flexibility index (Phi) is 13.9. The van der Waals surface area contributed by atoms with Gasteiger partial charge in [0.25, 0.3) is 0 Å². The van der Waals surface area contributed by atoms with Crippen LogP contribution in [0.3, 0.4) is 0 Å². The van der Waals surface area contributed by atoms with Gasteiger partial charge in [0.15, 0.2) is 0 Å². The van der Waals surface area contributed by atoms with E-state index in [-0.39, 0.29) is 5.91 Å². The van der Waals surface area contributed by atoms with Gasteiger partial charge in [-0.3, -0.25) is 9.28 Å². The van der Waals surface area contributed by atoms with Gasteiger partial charge in [-0.05, 0) is 30.2 Å². The molecule has 1 N–H and O–H groups in total. The molecule has 0 spiro atoms. The molecule has 0 bridgehead atoms. The number of amides is 1. The molecule has 0 saturated carbocycles. The lowest BCUT2D eigenvalue weighted by atomic mass is 10.1. The highest BCUT2D eigenvalue weighted by molar-refractivity contribution is 8.02. The quantitative estimate of drug-likeness (QED) is 0.143. The van der Waals surface area contributed by atoms with Crippen LogP contribution in [0, 0.1) is 0 Å². The van der Waals surface area contributed by atoms with E-state index in [2.05, 4.69) is 37.0 Å². The van der Waals surface area contributed by atoms with Crippen molar-refractivity contribution in [2.45, 2.75) is 96.9 Å². The van der Waals surface area contributed by atoms with Crippen LogP contribution >= 0.6 is 11.8 Å². The summed E-state index contributed by atoms with van der Waals surface area (Å²) >= 11 is 1.83. The first-order chi connectivity index (χ1) is 18.6. The van der Waals surface area contributed by atoms with Crippen LogP contribution in [0.1, 0.15) is 95.1 Å². The molecule has 1 aliphatic rings. The van der Waals surface area contributed by atoms with Crippen LogP contribution in [0.25, 0.3) is 0 Å². The third kappa shape index (κ3) is 11.7. The molecule has 2 aromatic rings. The molecule has 1 unspecified atom stereocenters. The smallest absolute Gasteiger partial charge is 0.228 e. The zero-order chi connectivity index (χ0) is 26.9. The molecule has 5 heteroatoms. The summed E-state index contributed by atoms with van der Waals surface area (Å²) in [6, 6.07) is 16.1. The Labute approximate surface area is 235 Å². The van der Waals surface area contributed by atoms with E-state index in [1.807, 2.05) is 54.2 Å². The minimum absolute atomic E-state index is 0.0107. The number of para-hydroxylation sites is 1. The van der Waals surface area contributed by atoms with Gasteiger partial charge in [0.05, 0.1) is 20.1 Å². The summed E-state index contributed by atoms with van der Waals surface area (Å²) in [7, 11) is 2.22. The topological polar surface area (TPSA) is 38.3 Å². The predicted octanol–water partition coefficient (Wildman–Crippen LogP) is 9.07. The van der Waals surface area contributed by atoms with Gasteiger partial charge in [0.2, 0.25) is 5.91 Å². The molecule has 0 radical (unpaired) electrons. The number of nitrogens with zero attached hydrogens (tertiary/aromatic N) is 1. The number of anilines is 1. The largest absolute Gasteiger partial charge is 0.494 e. The maximum atomic E-state index is 12.8. The number of hydrogen-bond donors (Lipinski definition) is 1. The van der Waals surface area contributed by atoms with Crippen LogP contribution < -0.4 is 10.1 Å². The minimum Gasteiger partial charge on any atom is -0.494 e. The number of carbonyl (C=O) groups is 1. The van der Waals surface area contributed by atoms with Gasteiger partial charge in [-0.25, -0.2) is 0 Å². The monoisotopic (exact) mass is 537 g/mol. The zero-order valence-electron chi connectivity index (χ0n) is 23.8. The summed E-state index contributed by atoms with van der Waals surface area (Å²) in [5.74, 6) is 1.92. The standard InChI is InChI=1S/C33H48N2O2S/c1-3-4-5-6-7-8-9-10-11-12-13-16-24-37-31-21-19-29(20-22-31)26-33(36)34-32-18-15-14-17-30(32)27-35(2)23-25-38-28-35/h14-15,17-23,25H,3-13,16,24,26-28H2,1-2H3/p+1. The number of unbranched alkanes of at least 4 members (excludes halogenated alkanes) is 11. The Morgan fingerprint density at radius 2 is 1.50 bits per heavy atom. The first-order valence-corrected chi connectivity index (χ1v) is 15.9. The third-order valence-corrected chi connectivity index (χ3v) is 8.32. The molecule has 2 aromatic carbocycles. The maximum absolute atomic E-state index is 12.8. The van der Waals surface area contributed by atoms with Gasteiger partial charge in [0, 0.05) is 16.7 Å². The fourth-order valence-electron chi connectivity index (χ4n) is 4.93. The molecule has 0 aliphatic carbocycles. The van der Waals surface area contributed by atoms with E-state index in [4.69, 9.17) is 4.74 Å². The second kappa shape index (κ2) is 17.4. The van der Waals surface area contributed by atoms with Crippen molar-refractivity contribution in [2.24, 2.45) is 0 Å². The molecular weight excluding hydrogens is 488 g/mol. The van der Waals surface area contributed by atoms with Gasteiger partial charge in [0.1, 0.15) is 24.4 Å². The lowest BCUT2D eigenvalue weighted by Gasteiger charge is -2.26. The van der Waals surface area contributed by atoms with Gasteiger partial charge in [-0.2, -0.15) is 0 Å². The van der Waals surface area contributed by atoms with Crippen LogP contribution in [-0.2, 0) is 17.8 Å². The Hall–Kier alpha value is -2.24. The molecule has 0 fully saturated rings. The van der Waals surface area contributed by atoms with E-state index in [0.717, 1.165) is 52.5 Å². The fourth-order valence-corrected chi connectivity index (χ4v) is 5.91. The number of thioether (sulfide) groups is 1. The van der Waals surface area contributed by atoms with Gasteiger partial charge in [-0.1, -0.05) is 120 Å². The van der Waals surface area contributed by atoms with Crippen molar-refractivity contribution in [3.63, 3.8) is 0 Å². The fraction of sp³-hybridized carbons (Fsp3) is 0.545. The van der Waals surface area contributed by atoms with Crippen molar-refractivity contribution in [3.8, 4) is 5.75 Å². The van der Waals surface area contributed by atoms with Crippen LogP contribution in [0.2, 0.25) is 0 Å². The van der Waals surface area contributed by atoms with Crippen molar-refractivity contribution < 1.29 is 14.0 Å². The number of nitrogens with one attached hydrogen (secondary N) is 1. The highest BCUT2D eigenvalue weighted by Crippen LogP contribution is 2.28. The molecule has 0 saturated heterocycles. The summed E-state index contributed by atoms with van der Waals surface area (Å²) in [5.41, 5.74) is 3.07. The summed E-state index contributed by atoms with van der Waals surface area (Å²) < 4.78 is 6.78. The SMILES string of the molecule is CCCCCCCCCCCCCCOc1ccc(CC(=O)Nc2ccccc2C[N+]2(C)C=CSC2)cc1. The molecule has 4 nitrogen and oxygen atoms in total. The second-order valence-electron chi connectivity index (χ2n) is 11.0. The number of hydrogen-bond acceptors (Lipinski definition) is 3. The lowest BCUT2D eigenvalue weighted by Crippen LogP contribution is -2.34. The predicted molar refractivity (Wildman–Crippen MR) is 163 cm³/mol. The van der Waals surface area contributed by atoms with Crippen LogP contribution in [0.4, 0.5) is 5.69 Å². The van der Waals surface area contributed by atoms with E-state index in [1.165, 1.54) is 70.6 Å². The van der Waals surface area contributed by atoms with E-state index < -0.39 is 0 Å². The summed E-state index contributed by atoms with van der Waals surface area (Å²) in [4.78, 5) is 12.8. The van der Waals surface area contributed by atoms with Gasteiger partial charge in [-0.15, -0.1) is 0 Å². The average molecular weight is 538 g/mol. The molecule has 3 rings (SSSR count). The molecule has 38 heavy (non-hydrogen) atoms. The van der Waals surface area contributed by atoms with Crippen molar-refractivity contribution in [3.05, 3.63) is 71.3 Å². The molecule has 208 valence electrons. The van der Waals surface area contributed by atoms with Crippen LogP contribution in [-0.4, -0.2) is 29.9 Å². The number of ether oxygens (including phenoxy) is 1. The van der Waals surface area contributed by atoms with E-state index in [0.29, 0.717) is 6.42 Å². The summed E-state index contributed by atoms with van der Waals surface area (Å²) in [5, 5.41) is 5.29. The van der Waals surface area contributed by atoms with Gasteiger partial charge < -0.3 is 10.1 Å². The van der Waals surface area contributed by atoms with Crippen LogP contribution in [0.5, 0.6) is 5.75 Å². The maximum Gasteiger partial charge on any atom is 0.228 e. The third-order valence-electron chi connectivity index (χ3n) is 7.26. The van der Waals surface area contributed by atoms with Crippen molar-refractivity contribution in [2.75, 3.05) is 24.8 Å². The Balaban J connectivity index is 1.28. The second-order valence-corrected chi connectivity index (χ2v) is 11.8. The highest BCUT2D eigenvalue weighted by atomic mass is 32.2. The Morgan fingerprint density at radius 1 is 0.868 bits per heavy atom. The normalized spacial score (nSPS) is 16.6. The van der Waals surface area contributed by atoms with Crippen molar-refractivity contribution in [1.29, 1.82) is 0 Å². The summed E-state index contributed by atoms with van der Waals surface area (Å²) in [6.45, 7) is 3.91. The molecular formula is C33H49N2O2S+. The Bertz CT molecular complexity index is 975. The van der Waals surface area contributed by atoms with E-state index in [9.17, 15) is 4.79 Å². The Morgan fingerprint density at radius 3 is 2.13 bits per heavy atom. The molecule has 0 aromatic heterocycles. The zero-order valence-corrected chi connectivity index (χ0v) is 24.6. The lowest BCUT2D eigenvalue weighted by molar-refractivity contribution is -0.857. The first kappa shape index (κ1) is 30.3. The van der Waals surface area contributed by atoms with E-state index in [1.54, 1.807) is 0 Å². The average Bonchev–Trinajstić information content (AvgIpc) is 3.34. The number of benzene rings is 2. The molecule has 1 aliphatic heterocycles. The summed E-state index contributed by atoms with van der Waals surface area (Å²) in [6.07, 6.45) is 18.8. The minimum atomic E-state index is 0.0107. The molecule has 1 atom stereocenters. The van der Waals surface area contributed by atoms with E-state index >= 15 is 0 Å². The van der Waals surface area contributed by atoms with Crippen molar-refractivity contribution in [1.82, 2.24) is 0 Å². The van der Waals surface area contributed by atoms with Crippen LogP contribution in [0.15, 0.2) is 60.1 Å². The molecule has 1 heterocycles. The van der Waals surface area contributed by atoms with Gasteiger partial charge >= 0.3 is 0 Å².